The van der Waals surface area contributed by atoms with E-state index < -0.39 is 0 Å². The lowest BCUT2D eigenvalue weighted by Crippen LogP contribution is -2.12. The molecule has 0 aliphatic heterocycles. The summed E-state index contributed by atoms with van der Waals surface area (Å²) in [5.41, 5.74) is 5.38. The lowest BCUT2D eigenvalue weighted by atomic mass is 10.1. The van der Waals surface area contributed by atoms with E-state index in [1.54, 1.807) is 0 Å². The molecule has 96 valence electrons. The van der Waals surface area contributed by atoms with Crippen molar-refractivity contribution in [3.8, 4) is 5.88 Å². The molecular formula is C12H22N4O. The molecule has 0 radical (unpaired) electrons. The standard InChI is InChI=1S/C12H22N4O/c1-9(2)4-6-14-11-8-12(17-7-5-13)16-10(3)15-11/h8-9H,4-7,13H2,1-3H3,(H,14,15,16). The number of nitrogens with two attached hydrogens (primary N) is 1. The number of anilines is 1. The van der Waals surface area contributed by atoms with Crippen molar-refractivity contribution in [1.82, 2.24) is 9.97 Å². The van der Waals surface area contributed by atoms with E-state index in [4.69, 9.17) is 10.5 Å². The maximum Gasteiger partial charge on any atom is 0.218 e. The molecule has 5 heteroatoms. The Balaban J connectivity index is 2.55. The number of hydrogen-bond acceptors (Lipinski definition) is 5. The molecule has 17 heavy (non-hydrogen) atoms. The Hall–Kier alpha value is -1.36. The maximum atomic E-state index is 5.39. The lowest BCUT2D eigenvalue weighted by molar-refractivity contribution is 0.314. The topological polar surface area (TPSA) is 73.1 Å². The molecule has 0 saturated heterocycles. The summed E-state index contributed by atoms with van der Waals surface area (Å²) in [6.07, 6.45) is 1.11. The molecule has 0 unspecified atom stereocenters. The molecule has 0 saturated carbocycles. The molecule has 0 bridgehead atoms. The van der Waals surface area contributed by atoms with Crippen LogP contribution >= 0.6 is 0 Å². The average Bonchev–Trinajstić information content (AvgIpc) is 2.25. The molecule has 1 aromatic heterocycles. The van der Waals surface area contributed by atoms with Crippen molar-refractivity contribution in [2.75, 3.05) is 25.0 Å². The minimum Gasteiger partial charge on any atom is -0.476 e. The van der Waals surface area contributed by atoms with Crippen LogP contribution in [0.4, 0.5) is 5.82 Å². The third-order valence-corrected chi connectivity index (χ3v) is 2.21. The van der Waals surface area contributed by atoms with Crippen molar-refractivity contribution < 1.29 is 4.74 Å². The van der Waals surface area contributed by atoms with Gasteiger partial charge < -0.3 is 15.8 Å². The summed E-state index contributed by atoms with van der Waals surface area (Å²) in [5, 5.41) is 3.27. The quantitative estimate of drug-likeness (QED) is 0.754. The van der Waals surface area contributed by atoms with E-state index in [2.05, 4.69) is 29.1 Å². The summed E-state index contributed by atoms with van der Waals surface area (Å²) < 4.78 is 5.39. The smallest absolute Gasteiger partial charge is 0.218 e. The van der Waals surface area contributed by atoms with Crippen LogP contribution in [-0.4, -0.2) is 29.7 Å². The third-order valence-electron chi connectivity index (χ3n) is 2.21. The van der Waals surface area contributed by atoms with Gasteiger partial charge >= 0.3 is 0 Å². The molecule has 5 nitrogen and oxygen atoms in total. The van der Waals surface area contributed by atoms with E-state index in [1.165, 1.54) is 0 Å². The van der Waals surface area contributed by atoms with Gasteiger partial charge in [0.2, 0.25) is 5.88 Å². The van der Waals surface area contributed by atoms with E-state index in [0.717, 1.165) is 18.8 Å². The molecule has 1 rings (SSSR count). The SMILES string of the molecule is Cc1nc(NCCC(C)C)cc(OCCN)n1. The van der Waals surface area contributed by atoms with Crippen LogP contribution < -0.4 is 15.8 Å². The first-order valence-corrected chi connectivity index (χ1v) is 6.04. The van der Waals surface area contributed by atoms with Crippen LogP contribution in [0.1, 0.15) is 26.1 Å². The van der Waals surface area contributed by atoms with Crippen LogP contribution in [0.15, 0.2) is 6.07 Å². The first kappa shape index (κ1) is 13.7. The van der Waals surface area contributed by atoms with Crippen molar-refractivity contribution in [2.24, 2.45) is 11.7 Å². The van der Waals surface area contributed by atoms with Gasteiger partial charge in [-0.3, -0.25) is 0 Å². The highest BCUT2D eigenvalue weighted by atomic mass is 16.5. The highest BCUT2D eigenvalue weighted by molar-refractivity contribution is 5.38. The van der Waals surface area contributed by atoms with Gasteiger partial charge in [-0.05, 0) is 19.3 Å². The van der Waals surface area contributed by atoms with E-state index in [1.807, 2.05) is 13.0 Å². The molecule has 0 atom stereocenters. The predicted octanol–water partition coefficient (Wildman–Crippen LogP) is 1.58. The zero-order valence-corrected chi connectivity index (χ0v) is 10.9. The molecule has 0 spiro atoms. The summed E-state index contributed by atoms with van der Waals surface area (Å²) in [7, 11) is 0. The molecule has 1 heterocycles. The van der Waals surface area contributed by atoms with E-state index in [9.17, 15) is 0 Å². The van der Waals surface area contributed by atoms with Crippen LogP contribution in [0.5, 0.6) is 5.88 Å². The first-order chi connectivity index (χ1) is 8.11. The molecule has 0 fully saturated rings. The molecule has 1 aromatic rings. The van der Waals surface area contributed by atoms with Gasteiger partial charge in [-0.15, -0.1) is 0 Å². The molecule has 0 amide bonds. The van der Waals surface area contributed by atoms with Gasteiger partial charge in [0.25, 0.3) is 0 Å². The van der Waals surface area contributed by atoms with Crippen molar-refractivity contribution in [1.29, 1.82) is 0 Å². The van der Waals surface area contributed by atoms with Gasteiger partial charge in [0.05, 0.1) is 0 Å². The Morgan fingerprint density at radius 3 is 2.82 bits per heavy atom. The zero-order chi connectivity index (χ0) is 12.7. The van der Waals surface area contributed by atoms with Crippen LogP contribution in [0.25, 0.3) is 0 Å². The van der Waals surface area contributed by atoms with E-state index >= 15 is 0 Å². The Labute approximate surface area is 103 Å². The molecule has 3 N–H and O–H groups in total. The summed E-state index contributed by atoms with van der Waals surface area (Å²) in [5.74, 6) is 2.77. The largest absolute Gasteiger partial charge is 0.476 e. The normalized spacial score (nSPS) is 10.6. The maximum absolute atomic E-state index is 5.39. The Morgan fingerprint density at radius 2 is 2.18 bits per heavy atom. The van der Waals surface area contributed by atoms with Gasteiger partial charge in [0.1, 0.15) is 18.2 Å². The number of nitrogens with zero attached hydrogens (tertiary/aromatic N) is 2. The Bertz CT molecular complexity index is 341. The van der Waals surface area contributed by atoms with Crippen LogP contribution in [-0.2, 0) is 0 Å². The molecule has 0 aliphatic rings. The summed E-state index contributed by atoms with van der Waals surface area (Å²) in [6, 6.07) is 1.81. The van der Waals surface area contributed by atoms with Gasteiger partial charge in [0, 0.05) is 19.2 Å². The van der Waals surface area contributed by atoms with Crippen LogP contribution in [0, 0.1) is 12.8 Å². The van der Waals surface area contributed by atoms with E-state index in [0.29, 0.717) is 30.8 Å². The Morgan fingerprint density at radius 1 is 1.41 bits per heavy atom. The van der Waals surface area contributed by atoms with Crippen LogP contribution in [0.2, 0.25) is 0 Å². The number of aromatic nitrogens is 2. The first-order valence-electron chi connectivity index (χ1n) is 6.04. The fraction of sp³-hybridized carbons (Fsp3) is 0.667. The number of ether oxygens (including phenoxy) is 1. The predicted molar refractivity (Wildman–Crippen MR) is 69.3 cm³/mol. The highest BCUT2D eigenvalue weighted by Crippen LogP contribution is 2.13. The second kappa shape index (κ2) is 7.06. The Kier molecular flexibility index (Phi) is 5.69. The number of nitrogens with one attached hydrogen (secondary N) is 1. The zero-order valence-electron chi connectivity index (χ0n) is 10.9. The molecule has 0 aromatic carbocycles. The van der Waals surface area contributed by atoms with Crippen molar-refractivity contribution >= 4 is 5.82 Å². The van der Waals surface area contributed by atoms with Gasteiger partial charge in [-0.1, -0.05) is 13.8 Å². The highest BCUT2D eigenvalue weighted by Gasteiger charge is 2.02. The second-order valence-corrected chi connectivity index (χ2v) is 4.39. The molecule has 0 aliphatic carbocycles. The number of rotatable bonds is 7. The van der Waals surface area contributed by atoms with Crippen LogP contribution in [0.3, 0.4) is 0 Å². The lowest BCUT2D eigenvalue weighted by Gasteiger charge is -2.10. The summed E-state index contributed by atoms with van der Waals surface area (Å²) in [6.45, 7) is 8.11. The van der Waals surface area contributed by atoms with Crippen molar-refractivity contribution in [3.63, 3.8) is 0 Å². The van der Waals surface area contributed by atoms with E-state index in [-0.39, 0.29) is 0 Å². The number of aryl methyl sites for hydroxylation is 1. The third kappa shape index (κ3) is 5.49. The number of hydrogen-bond donors (Lipinski definition) is 2. The fourth-order valence-electron chi connectivity index (χ4n) is 1.36. The average molecular weight is 238 g/mol. The van der Waals surface area contributed by atoms with Crippen molar-refractivity contribution in [2.45, 2.75) is 27.2 Å². The molecular weight excluding hydrogens is 216 g/mol. The summed E-state index contributed by atoms with van der Waals surface area (Å²) in [4.78, 5) is 8.49. The minimum atomic E-state index is 0.474. The fourth-order valence-corrected chi connectivity index (χ4v) is 1.36. The summed E-state index contributed by atoms with van der Waals surface area (Å²) >= 11 is 0. The van der Waals surface area contributed by atoms with Gasteiger partial charge in [-0.2, -0.15) is 4.98 Å². The second-order valence-electron chi connectivity index (χ2n) is 4.39. The van der Waals surface area contributed by atoms with Gasteiger partial charge in [0.15, 0.2) is 0 Å². The monoisotopic (exact) mass is 238 g/mol. The van der Waals surface area contributed by atoms with Crippen molar-refractivity contribution in [3.05, 3.63) is 11.9 Å². The minimum absolute atomic E-state index is 0.474. The van der Waals surface area contributed by atoms with Gasteiger partial charge in [-0.25, -0.2) is 4.98 Å².